The van der Waals surface area contributed by atoms with Crippen molar-refractivity contribution in [2.45, 2.75) is 219 Å². The molecule has 0 bridgehead atoms. The summed E-state index contributed by atoms with van der Waals surface area (Å²) in [6.07, 6.45) is 41.6. The Kier molecular flexibility index (Phi) is 35.3. The lowest BCUT2D eigenvalue weighted by molar-refractivity contribution is 0.103. The van der Waals surface area contributed by atoms with Crippen LogP contribution in [-0.4, -0.2) is 65.3 Å². The van der Waals surface area contributed by atoms with Crippen LogP contribution in [0, 0.1) is 0 Å². The first-order valence-corrected chi connectivity index (χ1v) is 27.0. The van der Waals surface area contributed by atoms with Gasteiger partial charge in [-0.1, -0.05) is 198 Å². The van der Waals surface area contributed by atoms with E-state index in [4.69, 9.17) is 35.9 Å². The molecule has 2 aromatic heterocycles. The molecule has 13 heteroatoms. The van der Waals surface area contributed by atoms with Gasteiger partial charge in [-0.3, -0.25) is 4.57 Å². The van der Waals surface area contributed by atoms with E-state index in [9.17, 15) is 4.57 Å². The first-order chi connectivity index (χ1) is 29.9. The number of unbranched alkanes of at least 4 members (excludes halogenated alkanes) is 26. The lowest BCUT2D eigenvalue weighted by Gasteiger charge is -2.18. The number of hydrogen-bond donors (Lipinski definition) is 1. The average Bonchev–Trinajstić information content (AvgIpc) is 3.64. The number of nitrogens with two attached hydrogens (primary N) is 1. The lowest BCUT2D eigenvalue weighted by Crippen LogP contribution is -2.07. The summed E-state index contributed by atoms with van der Waals surface area (Å²) in [4.78, 5) is 12.2. The highest BCUT2D eigenvalue weighted by molar-refractivity contribution is 7.53. The molecular weight excluding hydrogens is 812 g/mol. The Morgan fingerprint density at radius 3 is 1.44 bits per heavy atom. The SMILES string of the molecule is CCCCCCCCCCCCCCCCOCCCOP(=O)(CC/C=C(\F)Cn1cnc2c(Cl)nc(N)nc21)OCCCOCCCCCCCCCCCCCCCC. The van der Waals surface area contributed by atoms with Gasteiger partial charge in [0, 0.05) is 26.4 Å². The third kappa shape index (κ3) is 30.2. The van der Waals surface area contributed by atoms with Crippen LogP contribution in [0.25, 0.3) is 11.2 Å². The molecule has 0 aliphatic rings. The van der Waals surface area contributed by atoms with E-state index >= 15 is 4.39 Å². The number of hydrogen-bond acceptors (Lipinski definition) is 9. The van der Waals surface area contributed by atoms with Crippen LogP contribution < -0.4 is 5.73 Å². The fraction of sp³-hybridized carbons (Fsp3) is 0.854. The summed E-state index contributed by atoms with van der Waals surface area (Å²) in [5, 5.41) is 0.112. The predicted molar refractivity (Wildman–Crippen MR) is 254 cm³/mol. The van der Waals surface area contributed by atoms with Crippen molar-refractivity contribution in [2.75, 3.05) is 51.5 Å². The molecule has 61 heavy (non-hydrogen) atoms. The van der Waals surface area contributed by atoms with Crippen LogP contribution in [0.5, 0.6) is 0 Å². The molecule has 0 aliphatic carbocycles. The van der Waals surface area contributed by atoms with Gasteiger partial charge in [-0.25, -0.2) is 9.37 Å². The summed E-state index contributed by atoms with van der Waals surface area (Å²) in [6, 6.07) is 0. The van der Waals surface area contributed by atoms with Crippen LogP contribution in [0.3, 0.4) is 0 Å². The normalized spacial score (nSPS) is 12.4. The van der Waals surface area contributed by atoms with Crippen LogP contribution in [0.1, 0.15) is 213 Å². The molecule has 0 unspecified atom stereocenters. The topological polar surface area (TPSA) is 124 Å². The second-order valence-corrected chi connectivity index (χ2v) is 19.5. The quantitative estimate of drug-likeness (QED) is 0.0393. The van der Waals surface area contributed by atoms with Gasteiger partial charge in [0.15, 0.2) is 10.8 Å². The number of aromatic nitrogens is 4. The van der Waals surface area contributed by atoms with E-state index in [-0.39, 0.29) is 43.4 Å². The Balaban J connectivity index is 1.61. The summed E-state index contributed by atoms with van der Waals surface area (Å²) < 4.78 is 53.8. The summed E-state index contributed by atoms with van der Waals surface area (Å²) in [7, 11) is -3.48. The van der Waals surface area contributed by atoms with Crippen molar-refractivity contribution in [3.05, 3.63) is 23.4 Å². The number of nitrogen functional groups attached to an aromatic ring is 1. The zero-order valence-corrected chi connectivity index (χ0v) is 40.5. The van der Waals surface area contributed by atoms with E-state index in [1.807, 2.05) is 0 Å². The fourth-order valence-corrected chi connectivity index (χ4v) is 9.36. The van der Waals surface area contributed by atoms with Crippen molar-refractivity contribution >= 4 is 36.3 Å². The van der Waals surface area contributed by atoms with Crippen LogP contribution in [0.4, 0.5) is 10.3 Å². The molecule has 0 aromatic carbocycles. The molecule has 0 amide bonds. The molecule has 2 aromatic rings. The molecule has 0 saturated heterocycles. The van der Waals surface area contributed by atoms with Gasteiger partial charge in [-0.2, -0.15) is 9.97 Å². The first kappa shape index (κ1) is 55.5. The monoisotopic (exact) mass is 900 g/mol. The van der Waals surface area contributed by atoms with Gasteiger partial charge in [0.05, 0.1) is 32.2 Å². The van der Waals surface area contributed by atoms with Crippen LogP contribution in [-0.2, 0) is 29.6 Å². The van der Waals surface area contributed by atoms with Gasteiger partial charge in [-0.15, -0.1) is 0 Å². The Morgan fingerprint density at radius 2 is 1.02 bits per heavy atom. The van der Waals surface area contributed by atoms with Gasteiger partial charge >= 0.3 is 7.60 Å². The number of imidazole rings is 1. The minimum atomic E-state index is -3.48. The van der Waals surface area contributed by atoms with E-state index in [1.54, 1.807) is 0 Å². The molecule has 0 fully saturated rings. The zero-order valence-electron chi connectivity index (χ0n) is 38.8. The van der Waals surface area contributed by atoms with Gasteiger partial charge in [-0.05, 0) is 32.1 Å². The Labute approximate surface area is 376 Å². The van der Waals surface area contributed by atoms with E-state index in [0.717, 1.165) is 26.1 Å². The van der Waals surface area contributed by atoms with Gasteiger partial charge in [0.25, 0.3) is 0 Å². The number of ether oxygens (including phenoxy) is 2. The molecule has 354 valence electrons. The van der Waals surface area contributed by atoms with Crippen LogP contribution in [0.15, 0.2) is 18.2 Å². The highest BCUT2D eigenvalue weighted by atomic mass is 35.5. The minimum absolute atomic E-state index is 0.0145. The second kappa shape index (κ2) is 38.8. The van der Waals surface area contributed by atoms with E-state index < -0.39 is 13.4 Å². The molecule has 0 saturated carbocycles. The van der Waals surface area contributed by atoms with E-state index in [0.29, 0.717) is 37.2 Å². The van der Waals surface area contributed by atoms with Crippen molar-refractivity contribution < 1.29 is 27.5 Å². The van der Waals surface area contributed by atoms with E-state index in [2.05, 4.69) is 28.8 Å². The summed E-state index contributed by atoms with van der Waals surface area (Å²) in [6.45, 7) is 7.46. The molecule has 0 atom stereocenters. The maximum atomic E-state index is 15.0. The largest absolute Gasteiger partial charge is 0.381 e. The Hall–Kier alpha value is -1.62. The lowest BCUT2D eigenvalue weighted by atomic mass is 10.0. The van der Waals surface area contributed by atoms with Crippen molar-refractivity contribution in [3.8, 4) is 0 Å². The van der Waals surface area contributed by atoms with Crippen molar-refractivity contribution in [1.82, 2.24) is 19.5 Å². The maximum Gasteiger partial charge on any atom is 0.330 e. The fourth-order valence-electron chi connectivity index (χ4n) is 7.54. The molecule has 2 rings (SSSR count). The van der Waals surface area contributed by atoms with Crippen LogP contribution >= 0.6 is 19.2 Å². The number of nitrogens with zero attached hydrogens (tertiary/aromatic N) is 4. The molecule has 0 aliphatic heterocycles. The van der Waals surface area contributed by atoms with Crippen molar-refractivity contribution in [1.29, 1.82) is 0 Å². The number of anilines is 1. The number of rotatable bonds is 45. The summed E-state index contributed by atoms with van der Waals surface area (Å²) in [5.41, 5.74) is 6.43. The predicted octanol–water partition coefficient (Wildman–Crippen LogP) is 15.3. The minimum Gasteiger partial charge on any atom is -0.381 e. The Morgan fingerprint density at radius 1 is 0.623 bits per heavy atom. The van der Waals surface area contributed by atoms with Crippen LogP contribution in [0.2, 0.25) is 5.15 Å². The number of halogens is 2. The summed E-state index contributed by atoms with van der Waals surface area (Å²) in [5.74, 6) is -0.452. The summed E-state index contributed by atoms with van der Waals surface area (Å²) >= 11 is 6.12. The molecule has 10 nitrogen and oxygen atoms in total. The zero-order chi connectivity index (χ0) is 43.9. The second-order valence-electron chi connectivity index (χ2n) is 17.0. The average molecular weight is 901 g/mol. The maximum absolute atomic E-state index is 15.0. The first-order valence-electron chi connectivity index (χ1n) is 24.9. The molecule has 0 spiro atoms. The van der Waals surface area contributed by atoms with Crippen molar-refractivity contribution in [2.24, 2.45) is 0 Å². The third-order valence-electron chi connectivity index (χ3n) is 11.3. The standard InChI is InChI=1S/C48H88ClFN5O5P/c1-3-5-7-9-11-13-15-17-19-21-23-25-27-29-35-57-37-32-39-59-61(56,41-31-34-44(50)42-55-43-52-45-46(49)53-48(51)54-47(45)55)60-40-33-38-58-36-30-28-26-24-22-20-18-16-14-12-10-8-6-4-2/h34,43H,3-33,35-42H2,1-2H3,(H2,51,53,54)/b44-34-. The van der Waals surface area contributed by atoms with Crippen molar-refractivity contribution in [3.63, 3.8) is 0 Å². The smallest absolute Gasteiger partial charge is 0.330 e. The highest BCUT2D eigenvalue weighted by Crippen LogP contribution is 2.49. The van der Waals surface area contributed by atoms with E-state index in [1.165, 1.54) is 184 Å². The van der Waals surface area contributed by atoms with Gasteiger partial charge in [0.2, 0.25) is 5.95 Å². The Bertz CT molecular complexity index is 1360. The van der Waals surface area contributed by atoms with Gasteiger partial charge < -0.3 is 28.8 Å². The molecular formula is C48H88ClFN5O5P. The third-order valence-corrected chi connectivity index (χ3v) is 13.5. The molecule has 2 heterocycles. The van der Waals surface area contributed by atoms with Gasteiger partial charge in [0.1, 0.15) is 11.3 Å². The number of allylic oxidation sites excluding steroid dienone is 2. The molecule has 0 radical (unpaired) electrons. The molecule has 2 N–H and O–H groups in total. The highest BCUT2D eigenvalue weighted by Gasteiger charge is 2.24. The number of fused-ring (bicyclic) bond motifs is 1.